The van der Waals surface area contributed by atoms with Gasteiger partial charge in [0.2, 0.25) is 0 Å². The smallest absolute Gasteiger partial charge is 0.140 e. The van der Waals surface area contributed by atoms with Crippen molar-refractivity contribution in [1.29, 1.82) is 0 Å². The highest BCUT2D eigenvalue weighted by molar-refractivity contribution is 5.33. The normalized spacial score (nSPS) is 10.7. The van der Waals surface area contributed by atoms with Gasteiger partial charge in [-0.1, -0.05) is 18.2 Å². The van der Waals surface area contributed by atoms with E-state index in [1.54, 1.807) is 18.2 Å². The van der Waals surface area contributed by atoms with E-state index in [0.29, 0.717) is 18.9 Å². The Kier molecular flexibility index (Phi) is 4.43. The summed E-state index contributed by atoms with van der Waals surface area (Å²) in [6.45, 7) is 1.34. The molecule has 100 valence electrons. The maximum atomic E-state index is 13.1. The van der Waals surface area contributed by atoms with E-state index in [1.807, 2.05) is 25.2 Å². The lowest BCUT2D eigenvalue weighted by Crippen LogP contribution is -2.18. The van der Waals surface area contributed by atoms with Crippen LogP contribution in [0.2, 0.25) is 0 Å². The van der Waals surface area contributed by atoms with E-state index in [1.165, 1.54) is 6.07 Å². The molecule has 3 N–H and O–H groups in total. The van der Waals surface area contributed by atoms with Crippen LogP contribution < -0.4 is 11.3 Å². The average molecular weight is 260 g/mol. The van der Waals surface area contributed by atoms with Crippen LogP contribution in [0, 0.1) is 5.82 Å². The summed E-state index contributed by atoms with van der Waals surface area (Å²) in [5.74, 6) is 5.75. The van der Waals surface area contributed by atoms with Crippen LogP contribution in [0.15, 0.2) is 42.5 Å². The highest BCUT2D eigenvalue weighted by Crippen LogP contribution is 2.10. The Bertz CT molecular complexity index is 544. The van der Waals surface area contributed by atoms with E-state index in [0.717, 1.165) is 11.3 Å². The lowest BCUT2D eigenvalue weighted by atomic mass is 10.2. The minimum Gasteiger partial charge on any atom is -0.308 e. The quantitative estimate of drug-likeness (QED) is 0.639. The number of hydrazine groups is 1. The first-order chi connectivity index (χ1) is 9.17. The second kappa shape index (κ2) is 6.26. The van der Waals surface area contributed by atoms with E-state index >= 15 is 0 Å². The molecule has 0 unspecified atom stereocenters. The molecule has 0 bridgehead atoms. The molecule has 2 rings (SSSR count). The summed E-state index contributed by atoms with van der Waals surface area (Å²) in [5, 5.41) is 0. The van der Waals surface area contributed by atoms with Crippen molar-refractivity contribution in [2.75, 3.05) is 12.5 Å². The number of hydrogen-bond acceptors (Lipinski definition) is 4. The van der Waals surface area contributed by atoms with Crippen molar-refractivity contribution in [3.63, 3.8) is 0 Å². The Morgan fingerprint density at radius 3 is 2.74 bits per heavy atom. The molecule has 0 spiro atoms. The molecule has 4 nitrogen and oxygen atoms in total. The zero-order valence-corrected chi connectivity index (χ0v) is 10.8. The van der Waals surface area contributed by atoms with Crippen LogP contribution in [0.5, 0.6) is 0 Å². The highest BCUT2D eigenvalue weighted by Gasteiger charge is 2.04. The summed E-state index contributed by atoms with van der Waals surface area (Å²) in [6.07, 6.45) is 0. The summed E-state index contributed by atoms with van der Waals surface area (Å²) < 4.78 is 13.1. The predicted molar refractivity (Wildman–Crippen MR) is 73.6 cm³/mol. The van der Waals surface area contributed by atoms with Crippen LogP contribution in [0.3, 0.4) is 0 Å². The number of halogens is 1. The van der Waals surface area contributed by atoms with Crippen molar-refractivity contribution in [2.45, 2.75) is 13.1 Å². The maximum absolute atomic E-state index is 13.1. The molecule has 1 aromatic heterocycles. The van der Waals surface area contributed by atoms with Gasteiger partial charge in [-0.2, -0.15) is 0 Å². The van der Waals surface area contributed by atoms with Gasteiger partial charge < -0.3 is 5.43 Å². The lowest BCUT2D eigenvalue weighted by molar-refractivity contribution is 0.315. The molecule has 0 atom stereocenters. The predicted octanol–water partition coefficient (Wildman–Crippen LogP) is 2.14. The summed E-state index contributed by atoms with van der Waals surface area (Å²) in [6, 6.07) is 12.2. The molecule has 0 radical (unpaired) electrons. The SMILES string of the molecule is CN(Cc1cccc(F)c1)Cc1cccc(NN)n1. The van der Waals surface area contributed by atoms with E-state index in [4.69, 9.17) is 5.84 Å². The Morgan fingerprint density at radius 2 is 2.00 bits per heavy atom. The van der Waals surface area contributed by atoms with E-state index in [2.05, 4.69) is 15.3 Å². The third-order valence-corrected chi connectivity index (χ3v) is 2.73. The third kappa shape index (κ3) is 4.01. The van der Waals surface area contributed by atoms with Crippen molar-refractivity contribution in [3.8, 4) is 0 Å². The molecular weight excluding hydrogens is 243 g/mol. The molecular formula is C14H17FN4. The van der Waals surface area contributed by atoms with Crippen LogP contribution in [0.25, 0.3) is 0 Å². The van der Waals surface area contributed by atoms with E-state index in [9.17, 15) is 4.39 Å². The van der Waals surface area contributed by atoms with Gasteiger partial charge in [-0.25, -0.2) is 15.2 Å². The minimum absolute atomic E-state index is 0.210. The summed E-state index contributed by atoms with van der Waals surface area (Å²) >= 11 is 0. The van der Waals surface area contributed by atoms with E-state index < -0.39 is 0 Å². The molecule has 0 amide bonds. The fourth-order valence-corrected chi connectivity index (χ4v) is 1.93. The summed E-state index contributed by atoms with van der Waals surface area (Å²) in [7, 11) is 1.97. The molecule has 0 aliphatic carbocycles. The van der Waals surface area contributed by atoms with Gasteiger partial charge in [0, 0.05) is 13.1 Å². The van der Waals surface area contributed by atoms with Crippen molar-refractivity contribution in [1.82, 2.24) is 9.88 Å². The van der Waals surface area contributed by atoms with Crippen LogP contribution in [-0.2, 0) is 13.1 Å². The fraction of sp³-hybridized carbons (Fsp3) is 0.214. The molecule has 0 saturated heterocycles. The largest absolute Gasteiger partial charge is 0.308 e. The highest BCUT2D eigenvalue weighted by atomic mass is 19.1. The summed E-state index contributed by atoms with van der Waals surface area (Å²) in [5.41, 5.74) is 4.37. The second-order valence-electron chi connectivity index (χ2n) is 4.46. The van der Waals surface area contributed by atoms with Gasteiger partial charge >= 0.3 is 0 Å². The summed E-state index contributed by atoms with van der Waals surface area (Å²) in [4.78, 5) is 6.41. The van der Waals surface area contributed by atoms with Gasteiger partial charge in [0.05, 0.1) is 5.69 Å². The molecule has 5 heteroatoms. The Hall–Kier alpha value is -1.98. The first-order valence-electron chi connectivity index (χ1n) is 6.03. The zero-order valence-electron chi connectivity index (χ0n) is 10.8. The molecule has 19 heavy (non-hydrogen) atoms. The lowest BCUT2D eigenvalue weighted by Gasteiger charge is -2.16. The van der Waals surface area contributed by atoms with Crippen molar-refractivity contribution < 1.29 is 4.39 Å². The number of aromatic nitrogens is 1. The topological polar surface area (TPSA) is 54.2 Å². The molecule has 0 fully saturated rings. The van der Waals surface area contributed by atoms with Gasteiger partial charge in [0.15, 0.2) is 0 Å². The van der Waals surface area contributed by atoms with Gasteiger partial charge in [0.1, 0.15) is 11.6 Å². The van der Waals surface area contributed by atoms with E-state index in [-0.39, 0.29) is 5.82 Å². The zero-order chi connectivity index (χ0) is 13.7. The van der Waals surface area contributed by atoms with Gasteiger partial charge in [0.25, 0.3) is 0 Å². The Labute approximate surface area is 112 Å². The molecule has 1 heterocycles. The standard InChI is InChI=1S/C14H17FN4/c1-19(9-11-4-2-5-12(15)8-11)10-13-6-3-7-14(17-13)18-16/h2-8H,9-10,16H2,1H3,(H,17,18). The number of rotatable bonds is 5. The van der Waals surface area contributed by atoms with Crippen LogP contribution in [0.1, 0.15) is 11.3 Å². The molecule has 0 aliphatic rings. The number of hydrogen-bond donors (Lipinski definition) is 2. The molecule has 0 aliphatic heterocycles. The first kappa shape index (κ1) is 13.5. The monoisotopic (exact) mass is 260 g/mol. The van der Waals surface area contributed by atoms with Crippen molar-refractivity contribution in [2.24, 2.45) is 5.84 Å². The number of nitrogens with zero attached hydrogens (tertiary/aromatic N) is 2. The molecule has 0 saturated carbocycles. The number of pyridine rings is 1. The number of anilines is 1. The van der Waals surface area contributed by atoms with Crippen LogP contribution in [-0.4, -0.2) is 16.9 Å². The van der Waals surface area contributed by atoms with Gasteiger partial charge in [-0.3, -0.25) is 4.90 Å². The maximum Gasteiger partial charge on any atom is 0.140 e. The Morgan fingerprint density at radius 1 is 1.21 bits per heavy atom. The van der Waals surface area contributed by atoms with Crippen LogP contribution >= 0.6 is 0 Å². The number of nitrogen functional groups attached to an aromatic ring is 1. The second-order valence-corrected chi connectivity index (χ2v) is 4.46. The molecule has 1 aromatic carbocycles. The number of nitrogens with two attached hydrogens (primary N) is 1. The van der Waals surface area contributed by atoms with Crippen molar-refractivity contribution >= 4 is 5.82 Å². The molecule has 2 aromatic rings. The van der Waals surface area contributed by atoms with Gasteiger partial charge in [-0.15, -0.1) is 0 Å². The third-order valence-electron chi connectivity index (χ3n) is 2.73. The minimum atomic E-state index is -0.210. The number of nitrogens with one attached hydrogen (secondary N) is 1. The first-order valence-corrected chi connectivity index (χ1v) is 6.03. The number of benzene rings is 1. The van der Waals surface area contributed by atoms with Gasteiger partial charge in [-0.05, 0) is 36.9 Å². The average Bonchev–Trinajstić information content (AvgIpc) is 2.38. The van der Waals surface area contributed by atoms with Crippen molar-refractivity contribution in [3.05, 3.63) is 59.5 Å². The fourth-order valence-electron chi connectivity index (χ4n) is 1.93. The van der Waals surface area contributed by atoms with Crippen LogP contribution in [0.4, 0.5) is 10.2 Å². The Balaban J connectivity index is 1.98.